The minimum Gasteiger partial charge on any atom is -0.352 e. The highest BCUT2D eigenvalue weighted by molar-refractivity contribution is 7.92. The van der Waals surface area contributed by atoms with Crippen LogP contribution in [-0.2, 0) is 26.2 Å². The molecule has 0 bridgehead atoms. The van der Waals surface area contributed by atoms with Crippen LogP contribution in [0.5, 0.6) is 0 Å². The second-order valence-corrected chi connectivity index (χ2v) is 10.9. The molecule has 1 N–H and O–H groups in total. The molecule has 12 heteroatoms. The third-order valence-corrected chi connectivity index (χ3v) is 7.26. The molecule has 0 radical (unpaired) electrons. The molecular weight excluding hydrogens is 523 g/mol. The van der Waals surface area contributed by atoms with Crippen LogP contribution in [0.2, 0.25) is 10.0 Å². The van der Waals surface area contributed by atoms with Gasteiger partial charge in [-0.3, -0.25) is 13.9 Å². The lowest BCUT2D eigenvalue weighted by Crippen LogP contribution is -2.52. The fourth-order valence-electron chi connectivity index (χ4n) is 3.14. The van der Waals surface area contributed by atoms with Crippen molar-refractivity contribution in [2.75, 3.05) is 17.1 Å². The standard InChI is InChI=1S/C23H27Cl2F2N3O4S/c1-5-14(2)28-23(32)15(3)29(12-16-6-8-18(24)19(25)10-16)22(31)13-30(35(4,33)34)17-7-9-20(26)21(27)11-17/h6-11,14-15H,5,12-13H2,1-4H3,(H,28,32). The molecule has 2 amide bonds. The lowest BCUT2D eigenvalue weighted by molar-refractivity contribution is -0.139. The van der Waals surface area contributed by atoms with Gasteiger partial charge in [-0.2, -0.15) is 0 Å². The first-order chi connectivity index (χ1) is 16.2. The van der Waals surface area contributed by atoms with E-state index in [9.17, 15) is 26.8 Å². The summed E-state index contributed by atoms with van der Waals surface area (Å²) in [6.07, 6.45) is 1.50. The molecule has 2 aromatic carbocycles. The van der Waals surface area contributed by atoms with Crippen molar-refractivity contribution in [2.24, 2.45) is 0 Å². The van der Waals surface area contributed by atoms with E-state index < -0.39 is 46.1 Å². The molecule has 2 atom stereocenters. The van der Waals surface area contributed by atoms with Crippen molar-refractivity contribution in [2.45, 2.75) is 45.8 Å². The van der Waals surface area contributed by atoms with Gasteiger partial charge in [-0.05, 0) is 50.1 Å². The van der Waals surface area contributed by atoms with Gasteiger partial charge in [-0.15, -0.1) is 0 Å². The Morgan fingerprint density at radius 1 is 1.03 bits per heavy atom. The SMILES string of the molecule is CCC(C)NC(=O)C(C)N(Cc1ccc(Cl)c(Cl)c1)C(=O)CN(c1ccc(F)c(F)c1)S(C)(=O)=O. The Balaban J connectivity index is 2.43. The predicted octanol–water partition coefficient (Wildman–Crippen LogP) is 4.37. The van der Waals surface area contributed by atoms with Crippen molar-refractivity contribution in [3.8, 4) is 0 Å². The van der Waals surface area contributed by atoms with Gasteiger partial charge in [0.25, 0.3) is 0 Å². The Bertz CT molecular complexity index is 1200. The van der Waals surface area contributed by atoms with Crippen LogP contribution in [0.15, 0.2) is 36.4 Å². The highest BCUT2D eigenvalue weighted by Crippen LogP contribution is 2.25. The van der Waals surface area contributed by atoms with Crippen molar-refractivity contribution in [3.63, 3.8) is 0 Å². The number of nitrogens with one attached hydrogen (secondary N) is 1. The number of anilines is 1. The number of nitrogens with zero attached hydrogens (tertiary/aromatic N) is 2. The number of rotatable bonds is 10. The van der Waals surface area contributed by atoms with Crippen LogP contribution in [0.3, 0.4) is 0 Å². The number of halogens is 4. The summed E-state index contributed by atoms with van der Waals surface area (Å²) >= 11 is 12.1. The van der Waals surface area contributed by atoms with E-state index in [4.69, 9.17) is 23.2 Å². The second-order valence-electron chi connectivity index (χ2n) is 8.13. The Labute approximate surface area is 214 Å². The third-order valence-electron chi connectivity index (χ3n) is 5.38. The largest absolute Gasteiger partial charge is 0.352 e. The topological polar surface area (TPSA) is 86.8 Å². The third kappa shape index (κ3) is 7.78. The summed E-state index contributed by atoms with van der Waals surface area (Å²) in [6, 6.07) is 6.06. The highest BCUT2D eigenvalue weighted by Gasteiger charge is 2.30. The van der Waals surface area contributed by atoms with Crippen LogP contribution in [0, 0.1) is 11.6 Å². The molecule has 2 rings (SSSR count). The van der Waals surface area contributed by atoms with Gasteiger partial charge in [0.2, 0.25) is 21.8 Å². The van der Waals surface area contributed by atoms with Gasteiger partial charge in [0.1, 0.15) is 12.6 Å². The number of carbonyl (C=O) groups excluding carboxylic acids is 2. The molecule has 35 heavy (non-hydrogen) atoms. The Morgan fingerprint density at radius 3 is 2.23 bits per heavy atom. The Hall–Kier alpha value is -2.43. The number of benzene rings is 2. The van der Waals surface area contributed by atoms with E-state index in [0.29, 0.717) is 27.4 Å². The Morgan fingerprint density at radius 2 is 1.69 bits per heavy atom. The van der Waals surface area contributed by atoms with E-state index in [-0.39, 0.29) is 23.3 Å². The van der Waals surface area contributed by atoms with Gasteiger partial charge in [-0.1, -0.05) is 36.2 Å². The maximum Gasteiger partial charge on any atom is 0.244 e. The van der Waals surface area contributed by atoms with Crippen molar-refractivity contribution in [1.82, 2.24) is 10.2 Å². The van der Waals surface area contributed by atoms with Crippen molar-refractivity contribution < 1.29 is 26.8 Å². The van der Waals surface area contributed by atoms with Crippen LogP contribution in [0.4, 0.5) is 14.5 Å². The van der Waals surface area contributed by atoms with Crippen molar-refractivity contribution in [1.29, 1.82) is 0 Å². The van der Waals surface area contributed by atoms with Crippen molar-refractivity contribution >= 4 is 50.7 Å². The zero-order chi connectivity index (χ0) is 26.5. The predicted molar refractivity (Wildman–Crippen MR) is 133 cm³/mol. The fraction of sp³-hybridized carbons (Fsp3) is 0.391. The molecule has 2 unspecified atom stereocenters. The molecule has 0 aliphatic carbocycles. The van der Waals surface area contributed by atoms with E-state index in [1.807, 2.05) is 13.8 Å². The molecule has 0 saturated carbocycles. The molecule has 0 saturated heterocycles. The first-order valence-electron chi connectivity index (χ1n) is 10.7. The molecule has 0 aliphatic heterocycles. The number of hydrogen-bond acceptors (Lipinski definition) is 4. The van der Waals surface area contributed by atoms with E-state index in [0.717, 1.165) is 18.4 Å². The summed E-state index contributed by atoms with van der Waals surface area (Å²) in [5.74, 6) is -3.60. The van der Waals surface area contributed by atoms with Crippen LogP contribution in [0.25, 0.3) is 0 Å². The lowest BCUT2D eigenvalue weighted by atomic mass is 10.1. The smallest absolute Gasteiger partial charge is 0.244 e. The monoisotopic (exact) mass is 549 g/mol. The molecule has 2 aromatic rings. The number of sulfonamides is 1. The lowest BCUT2D eigenvalue weighted by Gasteiger charge is -2.32. The molecule has 7 nitrogen and oxygen atoms in total. The Kier molecular flexibility index (Phi) is 9.88. The molecule has 192 valence electrons. The average Bonchev–Trinajstić information content (AvgIpc) is 2.78. The van der Waals surface area contributed by atoms with Gasteiger partial charge in [0.05, 0.1) is 22.0 Å². The molecule has 0 aromatic heterocycles. The summed E-state index contributed by atoms with van der Waals surface area (Å²) in [6.45, 7) is 4.38. The van der Waals surface area contributed by atoms with Gasteiger partial charge in [0.15, 0.2) is 11.6 Å². The van der Waals surface area contributed by atoms with Crippen LogP contribution in [-0.4, -0.2) is 50.0 Å². The van der Waals surface area contributed by atoms with Crippen LogP contribution in [0.1, 0.15) is 32.8 Å². The van der Waals surface area contributed by atoms with Crippen LogP contribution >= 0.6 is 23.2 Å². The molecule has 0 fully saturated rings. The van der Waals surface area contributed by atoms with Gasteiger partial charge >= 0.3 is 0 Å². The highest BCUT2D eigenvalue weighted by atomic mass is 35.5. The van der Waals surface area contributed by atoms with E-state index in [1.165, 1.54) is 24.0 Å². The van der Waals surface area contributed by atoms with Crippen LogP contribution < -0.4 is 9.62 Å². The average molecular weight is 550 g/mol. The molecule has 0 aliphatic rings. The summed E-state index contributed by atoms with van der Waals surface area (Å²) < 4.78 is 52.7. The maximum atomic E-state index is 13.8. The normalized spacial score (nSPS) is 13.1. The first-order valence-corrected chi connectivity index (χ1v) is 13.3. The van der Waals surface area contributed by atoms with E-state index in [1.54, 1.807) is 6.07 Å². The summed E-state index contributed by atoms with van der Waals surface area (Å²) in [5.41, 5.74) is 0.320. The van der Waals surface area contributed by atoms with E-state index in [2.05, 4.69) is 5.32 Å². The summed E-state index contributed by atoms with van der Waals surface area (Å²) in [5, 5.41) is 3.34. The number of carbonyl (C=O) groups is 2. The van der Waals surface area contributed by atoms with Gasteiger partial charge in [0, 0.05) is 18.7 Å². The molecule has 0 spiro atoms. The second kappa shape index (κ2) is 12.0. The summed E-state index contributed by atoms with van der Waals surface area (Å²) in [7, 11) is -4.07. The quantitative estimate of drug-likeness (QED) is 0.476. The zero-order valence-electron chi connectivity index (χ0n) is 19.7. The fourth-order valence-corrected chi connectivity index (χ4v) is 4.30. The first kappa shape index (κ1) is 28.8. The van der Waals surface area contributed by atoms with Crippen molar-refractivity contribution in [3.05, 3.63) is 63.6 Å². The summed E-state index contributed by atoms with van der Waals surface area (Å²) in [4.78, 5) is 27.4. The van der Waals surface area contributed by atoms with E-state index >= 15 is 0 Å². The molecule has 0 heterocycles. The van der Waals surface area contributed by atoms with Gasteiger partial charge < -0.3 is 10.2 Å². The molecular formula is C23H27Cl2F2N3O4S. The number of amides is 2. The zero-order valence-corrected chi connectivity index (χ0v) is 22.0. The van der Waals surface area contributed by atoms with Gasteiger partial charge in [-0.25, -0.2) is 17.2 Å². The number of hydrogen-bond donors (Lipinski definition) is 1. The minimum atomic E-state index is -4.07. The minimum absolute atomic E-state index is 0.0831. The maximum absolute atomic E-state index is 13.8.